The first-order valence-corrected chi connectivity index (χ1v) is 8.76. The summed E-state index contributed by atoms with van der Waals surface area (Å²) in [4.78, 5) is 0. The van der Waals surface area contributed by atoms with Gasteiger partial charge >= 0.3 is 0 Å². The van der Waals surface area contributed by atoms with Gasteiger partial charge in [-0.05, 0) is 50.0 Å². The average Bonchev–Trinajstić information content (AvgIpc) is 3.07. The highest BCUT2D eigenvalue weighted by Gasteiger charge is 2.39. The Morgan fingerprint density at radius 3 is 2.52 bits per heavy atom. The first-order valence-electron chi connectivity index (χ1n) is 8.76. The van der Waals surface area contributed by atoms with Crippen LogP contribution in [0.4, 0.5) is 0 Å². The van der Waals surface area contributed by atoms with Gasteiger partial charge in [0.1, 0.15) is 0 Å². The average molecular weight is 291 g/mol. The molecule has 0 amide bonds. The number of nitrogens with two attached hydrogens (primary N) is 1. The molecule has 0 bridgehead atoms. The van der Waals surface area contributed by atoms with Gasteiger partial charge in [0.25, 0.3) is 0 Å². The quantitative estimate of drug-likeness (QED) is 0.812. The summed E-state index contributed by atoms with van der Waals surface area (Å²) in [5, 5.41) is 4.74. The largest absolute Gasteiger partial charge is 0.327 e. The fraction of sp³-hybridized carbons (Fsp3) is 0.833. The minimum Gasteiger partial charge on any atom is -0.327 e. The highest BCUT2D eigenvalue weighted by molar-refractivity contribution is 5.06. The highest BCUT2D eigenvalue weighted by atomic mass is 15.3. The number of hydrogen-bond donors (Lipinski definition) is 1. The first-order chi connectivity index (χ1) is 9.97. The minimum absolute atomic E-state index is 0.252. The SMILES string of the molecule is CCC(C)n1ccc(CC(N)C2(CC(C)C)CCCC2)n1. The van der Waals surface area contributed by atoms with Gasteiger partial charge in [-0.1, -0.05) is 33.6 Å². The van der Waals surface area contributed by atoms with Gasteiger partial charge in [0.15, 0.2) is 0 Å². The summed E-state index contributed by atoms with van der Waals surface area (Å²) in [6, 6.07) is 2.89. The molecule has 2 unspecified atom stereocenters. The number of aromatic nitrogens is 2. The third kappa shape index (κ3) is 3.88. The third-order valence-corrected chi connectivity index (χ3v) is 5.34. The highest BCUT2D eigenvalue weighted by Crippen LogP contribution is 2.45. The zero-order valence-corrected chi connectivity index (χ0v) is 14.3. The van der Waals surface area contributed by atoms with E-state index in [4.69, 9.17) is 10.8 Å². The maximum Gasteiger partial charge on any atom is 0.0640 e. The lowest BCUT2D eigenvalue weighted by Gasteiger charge is -2.36. The van der Waals surface area contributed by atoms with Crippen LogP contribution in [0.3, 0.4) is 0 Å². The van der Waals surface area contributed by atoms with Crippen LogP contribution < -0.4 is 5.73 Å². The van der Waals surface area contributed by atoms with Crippen LogP contribution in [0, 0.1) is 11.3 Å². The lowest BCUT2D eigenvalue weighted by Crippen LogP contribution is -2.42. The molecule has 1 aromatic rings. The Morgan fingerprint density at radius 1 is 1.29 bits per heavy atom. The zero-order chi connectivity index (χ0) is 15.5. The van der Waals surface area contributed by atoms with Gasteiger partial charge in [0.2, 0.25) is 0 Å². The van der Waals surface area contributed by atoms with Crippen molar-refractivity contribution in [1.29, 1.82) is 0 Å². The molecule has 1 fully saturated rings. The van der Waals surface area contributed by atoms with E-state index < -0.39 is 0 Å². The van der Waals surface area contributed by atoms with E-state index in [1.807, 2.05) is 0 Å². The molecule has 3 nitrogen and oxygen atoms in total. The summed E-state index contributed by atoms with van der Waals surface area (Å²) in [5.74, 6) is 0.729. The van der Waals surface area contributed by atoms with Gasteiger partial charge in [-0.2, -0.15) is 5.10 Å². The lowest BCUT2D eigenvalue weighted by atomic mass is 9.71. The van der Waals surface area contributed by atoms with E-state index in [1.54, 1.807) is 0 Å². The second kappa shape index (κ2) is 6.95. The summed E-state index contributed by atoms with van der Waals surface area (Å²) in [7, 11) is 0. The predicted octanol–water partition coefficient (Wildman–Crippen LogP) is 4.33. The molecule has 1 aromatic heterocycles. The summed E-state index contributed by atoms with van der Waals surface area (Å²) in [5.41, 5.74) is 8.18. The van der Waals surface area contributed by atoms with Crippen molar-refractivity contribution >= 4 is 0 Å². The first kappa shape index (κ1) is 16.5. The molecule has 0 aliphatic heterocycles. The Balaban J connectivity index is 2.05. The molecule has 21 heavy (non-hydrogen) atoms. The molecule has 0 saturated heterocycles. The molecular formula is C18H33N3. The minimum atomic E-state index is 0.252. The van der Waals surface area contributed by atoms with Crippen molar-refractivity contribution in [2.24, 2.45) is 17.1 Å². The summed E-state index contributed by atoms with van der Waals surface area (Å²) < 4.78 is 2.09. The Labute approximate surface area is 130 Å². The van der Waals surface area contributed by atoms with Crippen molar-refractivity contribution in [3.63, 3.8) is 0 Å². The van der Waals surface area contributed by atoms with E-state index in [-0.39, 0.29) is 6.04 Å². The van der Waals surface area contributed by atoms with E-state index in [0.29, 0.717) is 11.5 Å². The van der Waals surface area contributed by atoms with Crippen LogP contribution in [0.2, 0.25) is 0 Å². The maximum atomic E-state index is 6.66. The van der Waals surface area contributed by atoms with Gasteiger partial charge in [0.05, 0.1) is 5.69 Å². The Morgan fingerprint density at radius 2 is 1.95 bits per heavy atom. The molecule has 0 radical (unpaired) electrons. The molecule has 1 heterocycles. The molecule has 3 heteroatoms. The van der Waals surface area contributed by atoms with Crippen LogP contribution in [0.15, 0.2) is 12.3 Å². The molecule has 1 aliphatic carbocycles. The van der Waals surface area contributed by atoms with Crippen LogP contribution in [0.25, 0.3) is 0 Å². The number of nitrogens with zero attached hydrogens (tertiary/aromatic N) is 2. The van der Waals surface area contributed by atoms with Crippen molar-refractivity contribution < 1.29 is 0 Å². The third-order valence-electron chi connectivity index (χ3n) is 5.34. The Hall–Kier alpha value is -0.830. The molecular weight excluding hydrogens is 258 g/mol. The van der Waals surface area contributed by atoms with Crippen LogP contribution in [0.1, 0.15) is 78.0 Å². The van der Waals surface area contributed by atoms with E-state index in [2.05, 4.69) is 44.6 Å². The van der Waals surface area contributed by atoms with Gasteiger partial charge in [-0.15, -0.1) is 0 Å². The van der Waals surface area contributed by atoms with Crippen molar-refractivity contribution in [1.82, 2.24) is 9.78 Å². The molecule has 120 valence electrons. The topological polar surface area (TPSA) is 43.8 Å². The number of hydrogen-bond acceptors (Lipinski definition) is 2. The van der Waals surface area contributed by atoms with E-state index in [1.165, 1.54) is 32.1 Å². The van der Waals surface area contributed by atoms with Gasteiger partial charge in [-0.3, -0.25) is 4.68 Å². The maximum absolute atomic E-state index is 6.66. The standard InChI is InChI=1S/C18H33N3/c1-5-15(4)21-11-8-16(20-21)12-17(19)18(13-14(2)3)9-6-7-10-18/h8,11,14-15,17H,5-7,9-10,12-13,19H2,1-4H3. The fourth-order valence-electron chi connectivity index (χ4n) is 3.98. The van der Waals surface area contributed by atoms with Gasteiger partial charge in [-0.25, -0.2) is 0 Å². The predicted molar refractivity (Wildman–Crippen MR) is 89.3 cm³/mol. The van der Waals surface area contributed by atoms with Gasteiger partial charge in [0, 0.05) is 24.7 Å². The molecule has 0 aromatic carbocycles. The molecule has 2 N–H and O–H groups in total. The second-order valence-electron chi connectivity index (χ2n) is 7.52. The lowest BCUT2D eigenvalue weighted by molar-refractivity contribution is 0.180. The fourth-order valence-corrected chi connectivity index (χ4v) is 3.98. The van der Waals surface area contributed by atoms with Crippen LogP contribution in [0.5, 0.6) is 0 Å². The monoisotopic (exact) mass is 291 g/mol. The number of rotatable bonds is 7. The van der Waals surface area contributed by atoms with Crippen molar-refractivity contribution in [3.05, 3.63) is 18.0 Å². The summed E-state index contributed by atoms with van der Waals surface area (Å²) in [6.07, 6.45) is 10.7. The Bertz CT molecular complexity index is 429. The summed E-state index contributed by atoms with van der Waals surface area (Å²) >= 11 is 0. The van der Waals surface area contributed by atoms with Gasteiger partial charge < -0.3 is 5.73 Å². The Kier molecular flexibility index (Phi) is 5.48. The van der Waals surface area contributed by atoms with Crippen LogP contribution in [-0.2, 0) is 6.42 Å². The molecule has 2 atom stereocenters. The molecule has 2 rings (SSSR count). The van der Waals surface area contributed by atoms with Crippen molar-refractivity contribution in [2.75, 3.05) is 0 Å². The molecule has 0 spiro atoms. The summed E-state index contributed by atoms with van der Waals surface area (Å²) in [6.45, 7) is 9.07. The van der Waals surface area contributed by atoms with Crippen molar-refractivity contribution in [3.8, 4) is 0 Å². The van der Waals surface area contributed by atoms with Crippen LogP contribution >= 0.6 is 0 Å². The van der Waals surface area contributed by atoms with Crippen molar-refractivity contribution in [2.45, 2.75) is 84.7 Å². The van der Waals surface area contributed by atoms with E-state index >= 15 is 0 Å². The van der Waals surface area contributed by atoms with E-state index in [9.17, 15) is 0 Å². The van der Waals surface area contributed by atoms with Crippen LogP contribution in [-0.4, -0.2) is 15.8 Å². The molecule has 1 aliphatic rings. The normalized spacial score (nSPS) is 20.9. The molecule has 1 saturated carbocycles. The second-order valence-corrected chi connectivity index (χ2v) is 7.52. The smallest absolute Gasteiger partial charge is 0.0640 e. The van der Waals surface area contributed by atoms with E-state index in [0.717, 1.165) is 24.5 Å². The zero-order valence-electron chi connectivity index (χ0n) is 14.3.